The highest BCUT2D eigenvalue weighted by Gasteiger charge is 1.98. The van der Waals surface area contributed by atoms with E-state index in [0.717, 1.165) is 10.6 Å². The largest absolute Gasteiger partial charge is 0.267 e. The van der Waals surface area contributed by atoms with Crippen LogP contribution in [0, 0.1) is 6.57 Å². The zero-order chi connectivity index (χ0) is 9.10. The van der Waals surface area contributed by atoms with Crippen LogP contribution in [0.5, 0.6) is 0 Å². The molecular weight excluding hydrogens is 180 g/mol. The molecule has 0 bridgehead atoms. The molecule has 0 N–H and O–H groups in total. The summed E-state index contributed by atoms with van der Waals surface area (Å²) in [5.41, 5.74) is 1.52. The van der Waals surface area contributed by atoms with Gasteiger partial charge in [-0.05, 0) is 17.5 Å². The first-order valence-corrected chi connectivity index (χ1v) is 4.65. The second kappa shape index (κ2) is 3.38. The molecule has 0 fully saturated rings. The van der Waals surface area contributed by atoms with Gasteiger partial charge in [-0.15, -0.1) is 11.3 Å². The van der Waals surface area contributed by atoms with Crippen LogP contribution in [0.25, 0.3) is 15.4 Å². The van der Waals surface area contributed by atoms with Crippen molar-refractivity contribution in [3.63, 3.8) is 0 Å². The summed E-state index contributed by atoms with van der Waals surface area (Å²) in [7, 11) is 0. The first-order valence-electron chi connectivity index (χ1n) is 3.77. The van der Waals surface area contributed by atoms with E-state index in [4.69, 9.17) is 6.57 Å². The van der Waals surface area contributed by atoms with Crippen LogP contribution in [-0.2, 0) is 0 Å². The van der Waals surface area contributed by atoms with Gasteiger partial charge in [0, 0.05) is 6.20 Å². The molecule has 0 atom stereocenters. The Morgan fingerprint density at radius 2 is 2.23 bits per heavy atom. The Labute approximate surface area is 80.3 Å². The summed E-state index contributed by atoms with van der Waals surface area (Å²) >= 11 is 1.65. The zero-order valence-corrected chi connectivity index (χ0v) is 7.58. The molecule has 0 aromatic carbocycles. The fraction of sp³-hybridized carbons (Fsp3) is 0. The van der Waals surface area contributed by atoms with Crippen molar-refractivity contribution < 1.29 is 0 Å². The van der Waals surface area contributed by atoms with Crippen molar-refractivity contribution in [1.82, 2.24) is 4.98 Å². The van der Waals surface area contributed by atoms with Crippen LogP contribution in [0.4, 0.5) is 5.69 Å². The van der Waals surface area contributed by atoms with E-state index in [0.29, 0.717) is 5.69 Å². The molecule has 2 nitrogen and oxygen atoms in total. The Bertz CT molecular complexity index is 423. The molecule has 0 aliphatic rings. The molecular formula is C10H6N2S. The number of nitrogens with zero attached hydrogens (tertiary/aromatic N) is 2. The molecule has 2 heterocycles. The quantitative estimate of drug-likeness (QED) is 0.624. The number of rotatable bonds is 1. The molecule has 0 aliphatic heterocycles. The van der Waals surface area contributed by atoms with E-state index < -0.39 is 0 Å². The normalized spacial score (nSPS) is 9.46. The summed E-state index contributed by atoms with van der Waals surface area (Å²) in [4.78, 5) is 8.61. The van der Waals surface area contributed by atoms with Crippen LogP contribution < -0.4 is 0 Å². The molecule has 3 heteroatoms. The summed E-state index contributed by atoms with van der Waals surface area (Å²) in [5.74, 6) is 0. The third-order valence-electron chi connectivity index (χ3n) is 1.65. The van der Waals surface area contributed by atoms with E-state index in [1.54, 1.807) is 23.6 Å². The topological polar surface area (TPSA) is 17.2 Å². The maximum atomic E-state index is 6.78. The molecule has 13 heavy (non-hydrogen) atoms. The fourth-order valence-electron chi connectivity index (χ4n) is 1.02. The number of thiophene rings is 1. The Kier molecular flexibility index (Phi) is 2.07. The lowest BCUT2D eigenvalue weighted by Gasteiger charge is -1.94. The molecule has 0 radical (unpaired) electrons. The predicted molar refractivity (Wildman–Crippen MR) is 53.8 cm³/mol. The van der Waals surface area contributed by atoms with Crippen LogP contribution in [0.3, 0.4) is 0 Å². The standard InChI is InChI=1S/C10H6N2S/c1-11-8-4-5-9(12-7-8)10-3-2-6-13-10/h2-7H. The second-order valence-corrected chi connectivity index (χ2v) is 3.44. The van der Waals surface area contributed by atoms with E-state index in [9.17, 15) is 0 Å². The van der Waals surface area contributed by atoms with Gasteiger partial charge in [0.15, 0.2) is 0 Å². The van der Waals surface area contributed by atoms with Crippen molar-refractivity contribution in [2.45, 2.75) is 0 Å². The van der Waals surface area contributed by atoms with Gasteiger partial charge in [-0.3, -0.25) is 4.98 Å². The van der Waals surface area contributed by atoms with Gasteiger partial charge in [0.05, 0.1) is 17.1 Å². The minimum atomic E-state index is 0.584. The SMILES string of the molecule is [C-]#[N+]c1ccc(-c2cccs2)nc1. The molecule has 0 saturated carbocycles. The summed E-state index contributed by atoms with van der Waals surface area (Å²) in [6.45, 7) is 6.78. The molecule has 0 amide bonds. The highest BCUT2D eigenvalue weighted by Crippen LogP contribution is 2.23. The second-order valence-electron chi connectivity index (χ2n) is 2.49. The smallest absolute Gasteiger partial charge is 0.205 e. The Morgan fingerprint density at radius 1 is 1.31 bits per heavy atom. The average Bonchev–Trinajstić information content (AvgIpc) is 2.71. The van der Waals surface area contributed by atoms with Crippen LogP contribution in [-0.4, -0.2) is 4.98 Å². The minimum Gasteiger partial charge on any atom is -0.267 e. The van der Waals surface area contributed by atoms with Gasteiger partial charge in [-0.25, -0.2) is 4.85 Å². The maximum Gasteiger partial charge on any atom is 0.205 e. The summed E-state index contributed by atoms with van der Waals surface area (Å²) in [6.07, 6.45) is 1.60. The van der Waals surface area contributed by atoms with E-state index in [-0.39, 0.29) is 0 Å². The van der Waals surface area contributed by atoms with Crippen molar-refractivity contribution in [3.05, 3.63) is 47.3 Å². The zero-order valence-electron chi connectivity index (χ0n) is 6.77. The van der Waals surface area contributed by atoms with Crippen molar-refractivity contribution in [3.8, 4) is 10.6 Å². The third kappa shape index (κ3) is 1.58. The molecule has 2 aromatic rings. The van der Waals surface area contributed by atoms with Gasteiger partial charge in [-0.2, -0.15) is 0 Å². The predicted octanol–water partition coefficient (Wildman–Crippen LogP) is 3.36. The summed E-state index contributed by atoms with van der Waals surface area (Å²) < 4.78 is 0. The molecule has 62 valence electrons. The number of hydrogen-bond donors (Lipinski definition) is 0. The maximum absolute atomic E-state index is 6.78. The van der Waals surface area contributed by atoms with Crippen LogP contribution in [0.1, 0.15) is 0 Å². The monoisotopic (exact) mass is 186 g/mol. The lowest BCUT2D eigenvalue weighted by atomic mass is 10.3. The lowest BCUT2D eigenvalue weighted by molar-refractivity contribution is 1.35. The van der Waals surface area contributed by atoms with Gasteiger partial charge in [0.1, 0.15) is 0 Å². The molecule has 0 spiro atoms. The van der Waals surface area contributed by atoms with Gasteiger partial charge in [0.25, 0.3) is 0 Å². The highest BCUT2D eigenvalue weighted by molar-refractivity contribution is 7.13. The van der Waals surface area contributed by atoms with Crippen LogP contribution in [0.2, 0.25) is 0 Å². The number of aromatic nitrogens is 1. The van der Waals surface area contributed by atoms with Crippen LogP contribution in [0.15, 0.2) is 35.8 Å². The van der Waals surface area contributed by atoms with Gasteiger partial charge in [0.2, 0.25) is 5.69 Å². The molecule has 2 aromatic heterocycles. The highest BCUT2D eigenvalue weighted by atomic mass is 32.1. The van der Waals surface area contributed by atoms with Crippen molar-refractivity contribution in [2.75, 3.05) is 0 Å². The van der Waals surface area contributed by atoms with Crippen LogP contribution >= 0.6 is 11.3 Å². The summed E-state index contributed by atoms with van der Waals surface area (Å²) in [6, 6.07) is 7.67. The summed E-state index contributed by atoms with van der Waals surface area (Å²) in [5, 5.41) is 2.01. The van der Waals surface area contributed by atoms with Crippen molar-refractivity contribution in [2.24, 2.45) is 0 Å². The Hall–Kier alpha value is -1.66. The Balaban J connectivity index is 2.40. The van der Waals surface area contributed by atoms with Crippen molar-refractivity contribution >= 4 is 17.0 Å². The van der Waals surface area contributed by atoms with Gasteiger partial charge in [-0.1, -0.05) is 12.1 Å². The van der Waals surface area contributed by atoms with Crippen molar-refractivity contribution in [1.29, 1.82) is 0 Å². The van der Waals surface area contributed by atoms with E-state index in [1.807, 2.05) is 23.6 Å². The average molecular weight is 186 g/mol. The molecule has 0 aliphatic carbocycles. The van der Waals surface area contributed by atoms with Gasteiger partial charge >= 0.3 is 0 Å². The number of pyridine rings is 1. The first-order chi connectivity index (χ1) is 6.40. The van der Waals surface area contributed by atoms with E-state index in [1.165, 1.54) is 0 Å². The van der Waals surface area contributed by atoms with E-state index in [2.05, 4.69) is 9.83 Å². The number of hydrogen-bond acceptors (Lipinski definition) is 2. The third-order valence-corrected chi connectivity index (χ3v) is 2.54. The molecule has 0 unspecified atom stereocenters. The lowest BCUT2D eigenvalue weighted by Crippen LogP contribution is -1.76. The minimum absolute atomic E-state index is 0.584. The Morgan fingerprint density at radius 3 is 2.77 bits per heavy atom. The fourth-order valence-corrected chi connectivity index (χ4v) is 1.72. The first kappa shape index (κ1) is 7.96. The van der Waals surface area contributed by atoms with E-state index >= 15 is 0 Å². The molecule has 2 rings (SSSR count). The van der Waals surface area contributed by atoms with Gasteiger partial charge < -0.3 is 0 Å². The molecule has 0 saturated heterocycles.